The summed E-state index contributed by atoms with van der Waals surface area (Å²) in [6.45, 7) is 0. The Labute approximate surface area is 114 Å². The second-order valence-corrected chi connectivity index (χ2v) is 7.16. The lowest BCUT2D eigenvalue weighted by Crippen LogP contribution is -2.35. The van der Waals surface area contributed by atoms with Crippen molar-refractivity contribution in [2.45, 2.75) is 36.2 Å². The number of sulfonamides is 1. The number of nitrogens with zero attached hydrogens (tertiary/aromatic N) is 2. The van der Waals surface area contributed by atoms with Gasteiger partial charge in [0.15, 0.2) is 0 Å². The highest BCUT2D eigenvalue weighted by atomic mass is 32.2. The first kappa shape index (κ1) is 14.2. The van der Waals surface area contributed by atoms with E-state index in [1.54, 1.807) is 12.1 Å². The van der Waals surface area contributed by atoms with Crippen LogP contribution < -0.4 is 11.1 Å². The van der Waals surface area contributed by atoms with Crippen molar-refractivity contribution in [3.05, 3.63) is 18.3 Å². The molecule has 2 atom stereocenters. The van der Waals surface area contributed by atoms with Crippen LogP contribution in [0.4, 0.5) is 5.82 Å². The van der Waals surface area contributed by atoms with Crippen LogP contribution in [0, 0.1) is 0 Å². The molecule has 0 aliphatic heterocycles. The monoisotopic (exact) mass is 284 g/mol. The quantitative estimate of drug-likeness (QED) is 0.846. The van der Waals surface area contributed by atoms with Gasteiger partial charge in [-0.25, -0.2) is 17.7 Å². The van der Waals surface area contributed by atoms with Gasteiger partial charge in [0.2, 0.25) is 10.0 Å². The number of nitrogens with two attached hydrogens (primary N) is 1. The normalized spacial score (nSPS) is 23.8. The second-order valence-electron chi connectivity index (χ2n) is 5.01. The van der Waals surface area contributed by atoms with Crippen LogP contribution in [-0.4, -0.2) is 43.9 Å². The van der Waals surface area contributed by atoms with Crippen LogP contribution in [0.1, 0.15) is 19.3 Å². The highest BCUT2D eigenvalue weighted by Gasteiger charge is 2.24. The first-order chi connectivity index (χ1) is 8.91. The molecule has 1 aromatic rings. The highest BCUT2D eigenvalue weighted by Crippen LogP contribution is 2.21. The molecule has 0 aromatic carbocycles. The highest BCUT2D eigenvalue weighted by molar-refractivity contribution is 7.89. The van der Waals surface area contributed by atoms with Crippen molar-refractivity contribution in [2.75, 3.05) is 19.4 Å². The molecule has 2 rings (SSSR count). The Balaban J connectivity index is 2.11. The van der Waals surface area contributed by atoms with Gasteiger partial charge in [-0.2, -0.15) is 0 Å². The molecule has 0 saturated heterocycles. The maximum Gasteiger partial charge on any atom is 0.244 e. The lowest BCUT2D eigenvalue weighted by atomic mass is 10.2. The Morgan fingerprint density at radius 3 is 2.58 bits per heavy atom. The molecule has 0 bridgehead atoms. The summed E-state index contributed by atoms with van der Waals surface area (Å²) in [6, 6.07) is 3.61. The van der Waals surface area contributed by atoms with E-state index in [0.717, 1.165) is 19.3 Å². The molecule has 19 heavy (non-hydrogen) atoms. The fourth-order valence-corrected chi connectivity index (χ4v) is 3.03. The zero-order valence-corrected chi connectivity index (χ0v) is 12.0. The Morgan fingerprint density at radius 1 is 1.37 bits per heavy atom. The number of hydrogen-bond donors (Lipinski definition) is 2. The van der Waals surface area contributed by atoms with E-state index in [-0.39, 0.29) is 17.0 Å². The predicted octanol–water partition coefficient (Wildman–Crippen LogP) is 0.624. The third-order valence-electron chi connectivity index (χ3n) is 3.42. The van der Waals surface area contributed by atoms with Gasteiger partial charge in [-0.15, -0.1) is 0 Å². The van der Waals surface area contributed by atoms with Gasteiger partial charge in [-0.1, -0.05) is 0 Å². The average molecular weight is 284 g/mol. The van der Waals surface area contributed by atoms with E-state index in [1.165, 1.54) is 24.6 Å². The summed E-state index contributed by atoms with van der Waals surface area (Å²) in [5.41, 5.74) is 5.97. The van der Waals surface area contributed by atoms with Gasteiger partial charge in [-0.05, 0) is 31.4 Å². The molecular formula is C12H20N4O2S. The summed E-state index contributed by atoms with van der Waals surface area (Å²) < 4.78 is 24.9. The molecule has 1 fully saturated rings. The summed E-state index contributed by atoms with van der Waals surface area (Å²) in [4.78, 5) is 4.35. The number of nitrogens with one attached hydrogen (secondary N) is 1. The molecule has 1 heterocycles. The summed E-state index contributed by atoms with van der Waals surface area (Å²) in [5, 5.41) is 3.25. The SMILES string of the molecule is CN(C)S(=O)(=O)c1ccc(NC2CCCC2N)nc1. The Bertz CT molecular complexity index is 527. The van der Waals surface area contributed by atoms with Gasteiger partial charge >= 0.3 is 0 Å². The van der Waals surface area contributed by atoms with Crippen molar-refractivity contribution in [1.29, 1.82) is 0 Å². The van der Waals surface area contributed by atoms with Crippen LogP contribution in [0.2, 0.25) is 0 Å². The van der Waals surface area contributed by atoms with Crippen molar-refractivity contribution >= 4 is 15.8 Å². The molecule has 0 spiro atoms. The second kappa shape index (κ2) is 5.44. The maximum absolute atomic E-state index is 11.9. The van der Waals surface area contributed by atoms with Crippen molar-refractivity contribution in [3.8, 4) is 0 Å². The minimum atomic E-state index is -3.41. The van der Waals surface area contributed by atoms with Crippen molar-refractivity contribution < 1.29 is 8.42 Å². The molecule has 106 valence electrons. The van der Waals surface area contributed by atoms with E-state index in [1.807, 2.05) is 0 Å². The van der Waals surface area contributed by atoms with E-state index in [9.17, 15) is 8.42 Å². The van der Waals surface area contributed by atoms with Crippen LogP contribution in [-0.2, 0) is 10.0 Å². The minimum absolute atomic E-state index is 0.145. The number of anilines is 1. The molecular weight excluding hydrogens is 264 g/mol. The molecule has 6 nitrogen and oxygen atoms in total. The van der Waals surface area contributed by atoms with Gasteiger partial charge in [0.25, 0.3) is 0 Å². The molecule has 7 heteroatoms. The number of pyridine rings is 1. The summed E-state index contributed by atoms with van der Waals surface area (Å²) in [6.07, 6.45) is 4.54. The van der Waals surface area contributed by atoms with Gasteiger partial charge in [-0.3, -0.25) is 0 Å². The smallest absolute Gasteiger partial charge is 0.244 e. The van der Waals surface area contributed by atoms with Crippen molar-refractivity contribution in [3.63, 3.8) is 0 Å². The molecule has 1 aromatic heterocycles. The lowest BCUT2D eigenvalue weighted by molar-refractivity contribution is 0.520. The first-order valence-corrected chi connectivity index (χ1v) is 7.76. The molecule has 3 N–H and O–H groups in total. The van der Waals surface area contributed by atoms with E-state index in [2.05, 4.69) is 10.3 Å². The largest absolute Gasteiger partial charge is 0.366 e. The predicted molar refractivity (Wildman–Crippen MR) is 74.3 cm³/mol. The average Bonchev–Trinajstić information content (AvgIpc) is 2.75. The Hall–Kier alpha value is -1.18. The molecule has 2 unspecified atom stereocenters. The van der Waals surface area contributed by atoms with Crippen LogP contribution in [0.5, 0.6) is 0 Å². The van der Waals surface area contributed by atoms with Gasteiger partial charge in [0, 0.05) is 32.4 Å². The van der Waals surface area contributed by atoms with E-state index in [4.69, 9.17) is 5.73 Å². The summed E-state index contributed by atoms with van der Waals surface area (Å²) in [7, 11) is -0.415. The zero-order valence-electron chi connectivity index (χ0n) is 11.2. The lowest BCUT2D eigenvalue weighted by Gasteiger charge is -2.18. The van der Waals surface area contributed by atoms with Crippen LogP contribution in [0.3, 0.4) is 0 Å². The fraction of sp³-hybridized carbons (Fsp3) is 0.583. The zero-order chi connectivity index (χ0) is 14.0. The van der Waals surface area contributed by atoms with Gasteiger partial charge in [0.1, 0.15) is 10.7 Å². The van der Waals surface area contributed by atoms with Crippen LogP contribution in [0.15, 0.2) is 23.2 Å². The third kappa shape index (κ3) is 3.05. The molecule has 1 aliphatic carbocycles. The maximum atomic E-state index is 11.9. The third-order valence-corrected chi connectivity index (χ3v) is 5.22. The van der Waals surface area contributed by atoms with Crippen LogP contribution in [0.25, 0.3) is 0 Å². The number of hydrogen-bond acceptors (Lipinski definition) is 5. The molecule has 1 aliphatic rings. The summed E-state index contributed by atoms with van der Waals surface area (Å²) >= 11 is 0. The molecule has 0 amide bonds. The van der Waals surface area contributed by atoms with E-state index in [0.29, 0.717) is 5.82 Å². The van der Waals surface area contributed by atoms with Crippen molar-refractivity contribution in [1.82, 2.24) is 9.29 Å². The number of rotatable bonds is 4. The van der Waals surface area contributed by atoms with E-state index < -0.39 is 10.0 Å². The Kier molecular flexibility index (Phi) is 4.07. The topological polar surface area (TPSA) is 88.3 Å². The minimum Gasteiger partial charge on any atom is -0.366 e. The first-order valence-electron chi connectivity index (χ1n) is 6.32. The van der Waals surface area contributed by atoms with E-state index >= 15 is 0 Å². The van der Waals surface area contributed by atoms with Gasteiger partial charge in [0.05, 0.1) is 0 Å². The van der Waals surface area contributed by atoms with Crippen molar-refractivity contribution in [2.24, 2.45) is 5.73 Å². The van der Waals surface area contributed by atoms with Crippen LogP contribution >= 0.6 is 0 Å². The summed E-state index contributed by atoms with van der Waals surface area (Å²) in [5.74, 6) is 0.667. The molecule has 0 radical (unpaired) electrons. The Morgan fingerprint density at radius 2 is 2.11 bits per heavy atom. The molecule has 1 saturated carbocycles. The standard InChI is InChI=1S/C12H20N4O2S/c1-16(2)19(17,18)9-6-7-12(14-8-9)15-11-5-3-4-10(11)13/h6-8,10-11H,3-5,13H2,1-2H3,(H,14,15). The number of aromatic nitrogens is 1. The van der Waals surface area contributed by atoms with Gasteiger partial charge < -0.3 is 11.1 Å². The fourth-order valence-electron chi connectivity index (χ4n) is 2.19.